The van der Waals surface area contributed by atoms with E-state index in [0.717, 1.165) is 22.8 Å². The molecule has 0 amide bonds. The highest BCUT2D eigenvalue weighted by Crippen LogP contribution is 2.28. The summed E-state index contributed by atoms with van der Waals surface area (Å²) in [6, 6.07) is 12.7. The van der Waals surface area contributed by atoms with Crippen LogP contribution in [0.25, 0.3) is 11.3 Å². The molecule has 0 aliphatic heterocycles. The summed E-state index contributed by atoms with van der Waals surface area (Å²) in [7, 11) is 0. The first kappa shape index (κ1) is 18.4. The second-order valence-electron chi connectivity index (χ2n) is 7.57. The van der Waals surface area contributed by atoms with E-state index in [1.165, 1.54) is 43.2 Å². The first-order chi connectivity index (χ1) is 13.7. The van der Waals surface area contributed by atoms with Gasteiger partial charge in [-0.3, -0.25) is 4.98 Å². The zero-order valence-electron chi connectivity index (χ0n) is 16.6. The van der Waals surface area contributed by atoms with E-state index in [0.29, 0.717) is 12.0 Å². The fraction of sp³-hybridized carbons (Fsp3) is 0.348. The van der Waals surface area contributed by atoms with Gasteiger partial charge in [0.1, 0.15) is 5.82 Å². The van der Waals surface area contributed by atoms with Crippen molar-refractivity contribution in [3.8, 4) is 11.3 Å². The van der Waals surface area contributed by atoms with Gasteiger partial charge >= 0.3 is 0 Å². The lowest BCUT2D eigenvalue weighted by Crippen LogP contribution is -2.23. The molecule has 5 heteroatoms. The lowest BCUT2D eigenvalue weighted by Gasteiger charge is -2.23. The van der Waals surface area contributed by atoms with E-state index in [9.17, 15) is 0 Å². The van der Waals surface area contributed by atoms with Crippen molar-refractivity contribution in [2.24, 2.45) is 0 Å². The quantitative estimate of drug-likeness (QED) is 0.605. The SMILES string of the molecule is Cc1cccc(C)c1Nc1cc(-c2ccncc2)nc(NC2CCCCC2)n1. The van der Waals surface area contributed by atoms with Crippen molar-refractivity contribution in [2.75, 3.05) is 10.6 Å². The van der Waals surface area contributed by atoms with Gasteiger partial charge in [0.15, 0.2) is 0 Å². The number of anilines is 3. The monoisotopic (exact) mass is 373 g/mol. The molecule has 5 nitrogen and oxygen atoms in total. The van der Waals surface area contributed by atoms with E-state index in [1.807, 2.05) is 18.2 Å². The predicted molar refractivity (Wildman–Crippen MR) is 115 cm³/mol. The number of pyridine rings is 1. The summed E-state index contributed by atoms with van der Waals surface area (Å²) >= 11 is 0. The Kier molecular flexibility index (Phi) is 5.51. The molecule has 144 valence electrons. The maximum Gasteiger partial charge on any atom is 0.225 e. The fourth-order valence-corrected chi connectivity index (χ4v) is 3.82. The Morgan fingerprint density at radius 2 is 1.61 bits per heavy atom. The highest BCUT2D eigenvalue weighted by atomic mass is 15.2. The van der Waals surface area contributed by atoms with Crippen LogP contribution in [0.15, 0.2) is 48.8 Å². The second kappa shape index (κ2) is 8.38. The third-order valence-corrected chi connectivity index (χ3v) is 5.37. The van der Waals surface area contributed by atoms with Crippen molar-refractivity contribution in [1.29, 1.82) is 0 Å². The number of aromatic nitrogens is 3. The molecule has 1 saturated carbocycles. The van der Waals surface area contributed by atoms with Crippen LogP contribution >= 0.6 is 0 Å². The van der Waals surface area contributed by atoms with Gasteiger partial charge in [0.05, 0.1) is 5.69 Å². The number of hydrogen-bond donors (Lipinski definition) is 2. The normalized spacial score (nSPS) is 14.6. The molecular formula is C23H27N5. The average Bonchev–Trinajstić information content (AvgIpc) is 2.72. The maximum absolute atomic E-state index is 4.79. The standard InChI is InChI=1S/C23H27N5/c1-16-7-6-8-17(2)22(16)27-21-15-20(18-11-13-24-14-12-18)26-23(28-21)25-19-9-4-3-5-10-19/h6-8,11-15,19H,3-5,9-10H2,1-2H3,(H2,25,26,27,28). The topological polar surface area (TPSA) is 62.7 Å². The van der Waals surface area contributed by atoms with Gasteiger partial charge in [-0.05, 0) is 49.9 Å². The minimum atomic E-state index is 0.453. The zero-order valence-corrected chi connectivity index (χ0v) is 16.6. The second-order valence-corrected chi connectivity index (χ2v) is 7.57. The summed E-state index contributed by atoms with van der Waals surface area (Å²) in [5.41, 5.74) is 5.43. The van der Waals surface area contributed by atoms with Gasteiger partial charge in [0.25, 0.3) is 0 Å². The summed E-state index contributed by atoms with van der Waals surface area (Å²) in [6.07, 6.45) is 9.83. The number of rotatable bonds is 5. The van der Waals surface area contributed by atoms with Crippen LogP contribution in [0.5, 0.6) is 0 Å². The van der Waals surface area contributed by atoms with Gasteiger partial charge in [-0.25, -0.2) is 4.98 Å². The molecule has 2 aromatic heterocycles. The maximum atomic E-state index is 4.79. The van der Waals surface area contributed by atoms with Crippen molar-refractivity contribution in [1.82, 2.24) is 15.0 Å². The van der Waals surface area contributed by atoms with Crippen LogP contribution in [0.4, 0.5) is 17.5 Å². The largest absolute Gasteiger partial charge is 0.351 e. The zero-order chi connectivity index (χ0) is 19.3. The molecule has 0 bridgehead atoms. The molecular weight excluding hydrogens is 346 g/mol. The Morgan fingerprint density at radius 3 is 2.32 bits per heavy atom. The van der Waals surface area contributed by atoms with Gasteiger partial charge in [-0.15, -0.1) is 0 Å². The van der Waals surface area contributed by atoms with E-state index in [2.05, 4.69) is 47.7 Å². The Balaban J connectivity index is 1.69. The van der Waals surface area contributed by atoms with Crippen LogP contribution < -0.4 is 10.6 Å². The lowest BCUT2D eigenvalue weighted by atomic mass is 9.96. The van der Waals surface area contributed by atoms with Gasteiger partial charge in [-0.2, -0.15) is 4.98 Å². The van der Waals surface area contributed by atoms with E-state index in [4.69, 9.17) is 9.97 Å². The summed E-state index contributed by atoms with van der Waals surface area (Å²) in [5.74, 6) is 1.49. The first-order valence-electron chi connectivity index (χ1n) is 10.1. The van der Waals surface area contributed by atoms with E-state index >= 15 is 0 Å². The smallest absolute Gasteiger partial charge is 0.225 e. The van der Waals surface area contributed by atoms with Crippen LogP contribution in [-0.4, -0.2) is 21.0 Å². The summed E-state index contributed by atoms with van der Waals surface area (Å²) in [4.78, 5) is 13.7. The highest BCUT2D eigenvalue weighted by molar-refractivity contribution is 5.70. The minimum absolute atomic E-state index is 0.453. The molecule has 3 aromatic rings. The van der Waals surface area contributed by atoms with Crippen molar-refractivity contribution in [3.05, 3.63) is 59.9 Å². The van der Waals surface area contributed by atoms with Crippen LogP contribution in [0.2, 0.25) is 0 Å². The molecule has 2 heterocycles. The molecule has 0 atom stereocenters. The van der Waals surface area contributed by atoms with Gasteiger partial charge in [0.2, 0.25) is 5.95 Å². The Morgan fingerprint density at radius 1 is 0.893 bits per heavy atom. The van der Waals surface area contributed by atoms with Crippen LogP contribution in [-0.2, 0) is 0 Å². The number of hydrogen-bond acceptors (Lipinski definition) is 5. The third kappa shape index (κ3) is 4.30. The molecule has 0 spiro atoms. The van der Waals surface area contributed by atoms with Gasteiger partial charge in [0, 0.05) is 35.8 Å². The van der Waals surface area contributed by atoms with Crippen LogP contribution in [0, 0.1) is 13.8 Å². The van der Waals surface area contributed by atoms with Gasteiger partial charge in [-0.1, -0.05) is 37.5 Å². The molecule has 0 saturated heterocycles. The van der Waals surface area contributed by atoms with Crippen molar-refractivity contribution >= 4 is 17.5 Å². The lowest BCUT2D eigenvalue weighted by molar-refractivity contribution is 0.461. The number of aryl methyl sites for hydroxylation is 2. The van der Waals surface area contributed by atoms with Crippen molar-refractivity contribution in [3.63, 3.8) is 0 Å². The summed E-state index contributed by atoms with van der Waals surface area (Å²) < 4.78 is 0. The summed E-state index contributed by atoms with van der Waals surface area (Å²) in [5, 5.41) is 7.09. The Labute approximate surface area is 166 Å². The van der Waals surface area contributed by atoms with Crippen molar-refractivity contribution in [2.45, 2.75) is 52.0 Å². The average molecular weight is 374 g/mol. The number of para-hydroxylation sites is 1. The molecule has 2 N–H and O–H groups in total. The Hall–Kier alpha value is -2.95. The first-order valence-corrected chi connectivity index (χ1v) is 10.1. The number of nitrogens with one attached hydrogen (secondary N) is 2. The predicted octanol–water partition coefficient (Wildman–Crippen LogP) is 5.64. The third-order valence-electron chi connectivity index (χ3n) is 5.37. The minimum Gasteiger partial charge on any atom is -0.351 e. The highest BCUT2D eigenvalue weighted by Gasteiger charge is 2.16. The van der Waals surface area contributed by atoms with Crippen molar-refractivity contribution < 1.29 is 0 Å². The molecule has 1 fully saturated rings. The molecule has 0 unspecified atom stereocenters. The summed E-state index contributed by atoms with van der Waals surface area (Å²) in [6.45, 7) is 4.23. The molecule has 1 aliphatic rings. The molecule has 4 rings (SSSR count). The van der Waals surface area contributed by atoms with E-state index in [-0.39, 0.29) is 0 Å². The number of benzene rings is 1. The van der Waals surface area contributed by atoms with Crippen LogP contribution in [0.3, 0.4) is 0 Å². The molecule has 28 heavy (non-hydrogen) atoms. The molecule has 1 aliphatic carbocycles. The Bertz CT molecular complexity index is 913. The molecule has 0 radical (unpaired) electrons. The number of nitrogens with zero attached hydrogens (tertiary/aromatic N) is 3. The van der Waals surface area contributed by atoms with E-state index < -0.39 is 0 Å². The van der Waals surface area contributed by atoms with Crippen LogP contribution in [0.1, 0.15) is 43.2 Å². The van der Waals surface area contributed by atoms with Gasteiger partial charge < -0.3 is 10.6 Å². The molecule has 1 aromatic carbocycles. The van der Waals surface area contributed by atoms with E-state index in [1.54, 1.807) is 12.4 Å². The fourth-order valence-electron chi connectivity index (χ4n) is 3.82.